The number of ether oxygens (including phenoxy) is 1. The van der Waals surface area contributed by atoms with Crippen LogP contribution >= 0.6 is 0 Å². The van der Waals surface area contributed by atoms with Gasteiger partial charge in [-0.05, 0) is 0 Å². The number of halogens is 1. The van der Waals surface area contributed by atoms with Crippen molar-refractivity contribution in [3.05, 3.63) is 47.9 Å². The van der Waals surface area contributed by atoms with Crippen molar-refractivity contribution in [2.24, 2.45) is 0 Å². The van der Waals surface area contributed by atoms with Gasteiger partial charge in [0.25, 0.3) is 0 Å². The standard InChI is InChI=1S/C11H9FN3O.5Rb/c12-9-6-14-11(15-10(9)13)16-7-8-4-2-1-3-5-8;;;;;/h2-6H,7H2,(H2,13,14,15);;;;;/q-1;;;;;+1. The number of hydrogen-bond donors (Lipinski definition) is 1. The van der Waals surface area contributed by atoms with Crippen molar-refractivity contribution < 1.29 is 67.3 Å². The fourth-order valence-corrected chi connectivity index (χ4v) is 1.10. The first-order valence-corrected chi connectivity index (χ1v) is 74.6. The van der Waals surface area contributed by atoms with Gasteiger partial charge in [0, 0.05) is 0 Å². The van der Waals surface area contributed by atoms with Crippen LogP contribution in [0.4, 0.5) is 10.2 Å². The quantitative estimate of drug-likeness (QED) is 0.364. The molecule has 2 rings (SSSR count). The van der Waals surface area contributed by atoms with Crippen molar-refractivity contribution in [1.29, 1.82) is 0 Å². The molecule has 2 N–H and O–H groups in total. The Morgan fingerprint density at radius 1 is 1.19 bits per heavy atom. The molecule has 4 nitrogen and oxygen atoms in total. The number of nitrogens with zero attached hydrogens (tertiary/aromatic N) is 2. The summed E-state index contributed by atoms with van der Waals surface area (Å²) in [5, 5.41) is 0. The van der Waals surface area contributed by atoms with E-state index in [0.29, 0.717) is 6.61 Å². The van der Waals surface area contributed by atoms with E-state index < -0.39 is 5.82 Å². The Bertz CT molecular complexity index is 493. The average molecular weight is 646 g/mol. The third kappa shape index (κ3) is 15.4. The molecule has 1 aromatic carbocycles. The maximum atomic E-state index is 12.8. The predicted octanol–water partition coefficient (Wildman–Crippen LogP) is -2.94. The zero-order valence-corrected chi connectivity index (χ0v) is 37.9. The van der Waals surface area contributed by atoms with Crippen LogP contribution in [-0.4, -0.2) is 145 Å². The second-order valence-electron chi connectivity index (χ2n) is 3.08. The topological polar surface area (TPSA) is 61.0 Å². The number of rotatable bonds is 3. The van der Waals surface area contributed by atoms with Gasteiger partial charge in [0.1, 0.15) is 0 Å². The van der Waals surface area contributed by atoms with Gasteiger partial charge in [0.2, 0.25) is 0 Å². The van der Waals surface area contributed by atoms with E-state index in [-0.39, 0.29) is 70.0 Å². The minimum atomic E-state index is -0.651. The molecule has 0 saturated carbocycles. The second kappa shape index (κ2) is 21.6. The van der Waals surface area contributed by atoms with E-state index in [1.54, 1.807) is 12.1 Å². The molecule has 0 saturated heterocycles. The van der Waals surface area contributed by atoms with Crippen LogP contribution in [0.3, 0.4) is 0 Å². The molecule has 2 aromatic rings. The summed E-state index contributed by atoms with van der Waals surface area (Å²) in [5.41, 5.74) is 6.23. The SMILES string of the molecule is Nc1nc(OCc2cc[c-]cc2)ncc1F.[Rb+].[Rb][Rb].[Rb][Rb]. The third-order valence-corrected chi connectivity index (χ3v) is 1.90. The van der Waals surface area contributed by atoms with Crippen molar-refractivity contribution in [2.75, 3.05) is 5.73 Å². The Labute approximate surface area is 271 Å². The summed E-state index contributed by atoms with van der Waals surface area (Å²) in [6.45, 7) is 0.305. The second-order valence-corrected chi connectivity index (χ2v) is 3.08. The van der Waals surface area contributed by atoms with E-state index in [1.165, 1.54) is 0 Å². The molecule has 0 spiro atoms. The van der Waals surface area contributed by atoms with Gasteiger partial charge in [-0.25, -0.2) is 9.37 Å². The fraction of sp³-hybridized carbons (Fsp3) is 0.0909. The molecule has 0 atom stereocenters. The molecule has 0 aliphatic carbocycles. The summed E-state index contributed by atoms with van der Waals surface area (Å²) in [5.74, 6) is -0.868. The van der Waals surface area contributed by atoms with Crippen LogP contribution in [0.25, 0.3) is 0 Å². The first kappa shape index (κ1) is 30.1. The molecule has 1 aromatic heterocycles. The molecule has 0 aliphatic heterocycles. The normalized spacial score (nSPS) is 8.43. The zero-order chi connectivity index (χ0) is 15.4. The fourth-order valence-electron chi connectivity index (χ4n) is 1.10. The van der Waals surface area contributed by atoms with Gasteiger partial charge < -0.3 is 10.5 Å². The van der Waals surface area contributed by atoms with Gasteiger partial charge in [-0.3, -0.25) is 0 Å². The summed E-state index contributed by atoms with van der Waals surface area (Å²) < 4.78 is 18.0. The van der Waals surface area contributed by atoms with Crippen molar-refractivity contribution in [2.45, 2.75) is 6.61 Å². The molecule has 21 heavy (non-hydrogen) atoms. The summed E-state index contributed by atoms with van der Waals surface area (Å²) in [4.78, 5) is 7.31. The summed E-state index contributed by atoms with van der Waals surface area (Å²) >= 11 is 4.64. The van der Waals surface area contributed by atoms with Crippen molar-refractivity contribution in [3.63, 3.8) is 0 Å². The molecule has 10 heteroatoms. The van der Waals surface area contributed by atoms with Gasteiger partial charge in [0.15, 0.2) is 11.6 Å². The van der Waals surface area contributed by atoms with Crippen LogP contribution in [0, 0.1) is 11.9 Å². The molecular weight excluding hydrogens is 636 g/mol. The summed E-state index contributed by atoms with van der Waals surface area (Å²) in [7, 11) is 0. The number of nitrogens with two attached hydrogens (primary N) is 1. The molecule has 0 aliphatic rings. The Balaban J connectivity index is 0. The van der Waals surface area contributed by atoms with Gasteiger partial charge >= 0.3 is 200 Å². The van der Waals surface area contributed by atoms with Crippen molar-refractivity contribution in [1.82, 2.24) is 9.97 Å². The molecule has 1 heterocycles. The molecule has 0 bridgehead atoms. The van der Waals surface area contributed by atoms with Crippen LogP contribution in [0.15, 0.2) is 30.5 Å². The van der Waals surface area contributed by atoms with E-state index >= 15 is 0 Å². The molecule has 0 amide bonds. The maximum absolute atomic E-state index is 12.8. The zero-order valence-electron chi connectivity index (χ0n) is 13.4. The number of nitrogen functional groups attached to an aromatic ring is 1. The van der Waals surface area contributed by atoms with Crippen molar-refractivity contribution in [3.8, 4) is 6.01 Å². The molecule has 86 valence electrons. The predicted molar refractivity (Wildman–Crippen MR) is 79.0 cm³/mol. The number of hydrogen-bond acceptors (Lipinski definition) is 4. The van der Waals surface area contributed by atoms with Gasteiger partial charge in [-0.2, -0.15) is 35.3 Å². The average Bonchev–Trinajstić information content (AvgIpc) is 2.53. The monoisotopic (exact) mass is 643 g/mol. The number of aromatic nitrogens is 2. The number of benzene rings is 1. The Morgan fingerprint density at radius 2 is 1.76 bits per heavy atom. The Kier molecular flexibility index (Phi) is 30.9. The van der Waals surface area contributed by atoms with E-state index in [1.807, 2.05) is 12.1 Å². The molecule has 0 unspecified atom stereocenters. The van der Waals surface area contributed by atoms with E-state index in [4.69, 9.17) is 10.5 Å². The molecule has 0 radical (unpaired) electrons. The Morgan fingerprint density at radius 3 is 2.29 bits per heavy atom. The first-order chi connectivity index (χ1) is 9.75. The van der Waals surface area contributed by atoms with Crippen LogP contribution in [0.5, 0.6) is 6.01 Å². The summed E-state index contributed by atoms with van der Waals surface area (Å²) in [6.07, 6.45) is 0.983. The number of anilines is 1. The summed E-state index contributed by atoms with van der Waals surface area (Å²) in [6, 6.07) is 10.2. The van der Waals surface area contributed by atoms with Crippen LogP contribution in [0.2, 0.25) is 0 Å². The van der Waals surface area contributed by atoms with E-state index in [0.717, 1.165) is 147 Å². The van der Waals surface area contributed by atoms with Crippen LogP contribution < -0.4 is 68.7 Å². The van der Waals surface area contributed by atoms with Crippen LogP contribution in [0.1, 0.15) is 5.56 Å². The van der Waals surface area contributed by atoms with Gasteiger partial charge in [-0.15, -0.1) is 5.56 Å². The molecular formula is C11H9FN3ORb5. The third-order valence-electron chi connectivity index (χ3n) is 1.90. The Hall–Kier alpha value is 6.86. The minimum absolute atomic E-state index is 0. The molecule has 0 fully saturated rings. The van der Waals surface area contributed by atoms with Crippen molar-refractivity contribution >= 4 is 141 Å². The van der Waals surface area contributed by atoms with E-state index in [9.17, 15) is 4.39 Å². The van der Waals surface area contributed by atoms with Gasteiger partial charge in [-0.1, -0.05) is 0 Å². The van der Waals surface area contributed by atoms with Gasteiger partial charge in [0.05, 0.1) is 12.8 Å². The van der Waals surface area contributed by atoms with E-state index in [2.05, 4.69) is 16.0 Å². The first-order valence-electron chi connectivity index (χ1n) is 6.61. The van der Waals surface area contributed by atoms with Crippen LogP contribution in [-0.2, 0) is 6.61 Å².